The maximum atomic E-state index is 14.2. The Morgan fingerprint density at radius 3 is 2.66 bits per heavy atom. The van der Waals surface area contributed by atoms with E-state index < -0.39 is 37.6 Å². The molecule has 0 radical (unpaired) electrons. The van der Waals surface area contributed by atoms with Gasteiger partial charge in [0.05, 0.1) is 31.4 Å². The predicted octanol–water partition coefficient (Wildman–Crippen LogP) is 3.17. The molecule has 2 aromatic heterocycles. The number of imidazole rings is 1. The molecule has 1 aliphatic rings. The number of esters is 1. The lowest BCUT2D eigenvalue weighted by Gasteiger charge is -2.46. The summed E-state index contributed by atoms with van der Waals surface area (Å²) in [6.45, 7) is 4.25. The van der Waals surface area contributed by atoms with Crippen LogP contribution in [0.25, 0.3) is 11.2 Å². The third kappa shape index (κ3) is 5.70. The second kappa shape index (κ2) is 11.6. The van der Waals surface area contributed by atoms with Crippen LogP contribution in [0.15, 0.2) is 54.9 Å². The predicted molar refractivity (Wildman–Crippen MR) is 136 cm³/mol. The van der Waals surface area contributed by atoms with E-state index in [-0.39, 0.29) is 36.5 Å². The highest BCUT2D eigenvalue weighted by Gasteiger charge is 2.49. The molecule has 1 aromatic carbocycles. The van der Waals surface area contributed by atoms with Gasteiger partial charge < -0.3 is 24.7 Å². The van der Waals surface area contributed by atoms with E-state index in [4.69, 9.17) is 19.5 Å². The van der Waals surface area contributed by atoms with Crippen LogP contribution in [0.4, 0.5) is 10.2 Å². The van der Waals surface area contributed by atoms with Crippen molar-refractivity contribution in [1.82, 2.24) is 24.6 Å². The summed E-state index contributed by atoms with van der Waals surface area (Å²) in [5.74, 6) is -1.41. The van der Waals surface area contributed by atoms with Gasteiger partial charge in [-0.1, -0.05) is 18.2 Å². The topological polar surface area (TPSA) is 164 Å². The second-order valence-electron chi connectivity index (χ2n) is 9.12. The molecule has 14 heteroatoms. The number of para-hydroxylation sites is 1. The molecule has 3 aromatic rings. The van der Waals surface area contributed by atoms with Gasteiger partial charge in [-0.2, -0.15) is 5.09 Å². The Morgan fingerprint density at radius 2 is 2.00 bits per heavy atom. The zero-order chi connectivity index (χ0) is 27.4. The molecular weight excluding hydrogens is 518 g/mol. The maximum Gasteiger partial charge on any atom is 0.459 e. The molecule has 4 N–H and O–H groups in total. The van der Waals surface area contributed by atoms with Gasteiger partial charge in [0.1, 0.15) is 23.6 Å². The molecule has 12 nitrogen and oxygen atoms in total. The first-order chi connectivity index (χ1) is 18.2. The summed E-state index contributed by atoms with van der Waals surface area (Å²) in [4.78, 5) is 24.7. The van der Waals surface area contributed by atoms with Gasteiger partial charge in [-0.25, -0.2) is 23.9 Å². The largest absolute Gasteiger partial charge is 0.462 e. The number of nitrogens with zero attached hydrogens (tertiary/aromatic N) is 4. The van der Waals surface area contributed by atoms with Crippen molar-refractivity contribution in [2.24, 2.45) is 11.8 Å². The third-order valence-electron chi connectivity index (χ3n) is 6.17. The molecule has 1 unspecified atom stereocenters. The summed E-state index contributed by atoms with van der Waals surface area (Å²) in [5.41, 5.74) is 6.89. The van der Waals surface area contributed by atoms with Crippen LogP contribution in [0, 0.1) is 11.8 Å². The lowest BCUT2D eigenvalue weighted by atomic mass is 9.66. The SMILES string of the molecule is CC(C)OC(=O)[C@H](C)NP(=O)(OC[C@H]1/C(=C\F)[C@@H](n2cnc3c(N)ncnc32)[C@@H]1CO)Oc1ccccc1. The van der Waals surface area contributed by atoms with Gasteiger partial charge in [-0.15, -0.1) is 0 Å². The van der Waals surface area contributed by atoms with Gasteiger partial charge in [-0.3, -0.25) is 9.32 Å². The first kappa shape index (κ1) is 27.6. The van der Waals surface area contributed by atoms with E-state index >= 15 is 0 Å². The highest BCUT2D eigenvalue weighted by Crippen LogP contribution is 2.53. The highest BCUT2D eigenvalue weighted by atomic mass is 31.2. The van der Waals surface area contributed by atoms with E-state index in [9.17, 15) is 18.9 Å². The molecule has 1 fully saturated rings. The summed E-state index contributed by atoms with van der Waals surface area (Å²) >= 11 is 0. The van der Waals surface area contributed by atoms with Gasteiger partial charge >= 0.3 is 13.7 Å². The number of carbonyl (C=O) groups excluding carboxylic acids is 1. The van der Waals surface area contributed by atoms with Crippen molar-refractivity contribution in [1.29, 1.82) is 0 Å². The fourth-order valence-electron chi connectivity index (χ4n) is 4.36. The zero-order valence-electron chi connectivity index (χ0n) is 21.1. The molecule has 1 saturated carbocycles. The van der Waals surface area contributed by atoms with Gasteiger partial charge in [-0.05, 0) is 38.5 Å². The molecule has 0 amide bonds. The Balaban J connectivity index is 1.54. The van der Waals surface area contributed by atoms with Crippen molar-refractivity contribution in [2.75, 3.05) is 18.9 Å². The average Bonchev–Trinajstić information content (AvgIpc) is 3.28. The van der Waals surface area contributed by atoms with Crippen LogP contribution < -0.4 is 15.3 Å². The standard InChI is InChI=1S/C24H30FN6O6P/c1-14(2)36-24(33)15(3)30-38(34,37-16-7-5-4-6-8-16)35-11-19-17(9-25)21(18(19)10-32)31-13-29-20-22(26)27-12-28-23(20)31/h4-9,12-15,18-19,21,32H,10-11H2,1-3H3,(H,30,34)(H2,26,27,28)/b17-9+/t15-,18+,19-,21+,38?/m0/s1. The Hall–Kier alpha value is -3.38. The minimum atomic E-state index is -4.17. The van der Waals surface area contributed by atoms with Crippen LogP contribution in [0.2, 0.25) is 0 Å². The van der Waals surface area contributed by atoms with Crippen molar-refractivity contribution in [2.45, 2.75) is 39.0 Å². The van der Waals surface area contributed by atoms with Gasteiger partial charge in [0, 0.05) is 18.4 Å². The van der Waals surface area contributed by atoms with Crippen molar-refractivity contribution in [3.63, 3.8) is 0 Å². The summed E-state index contributed by atoms with van der Waals surface area (Å²) in [6, 6.07) is 6.62. The number of carbonyl (C=O) groups is 1. The molecule has 0 bridgehead atoms. The minimum Gasteiger partial charge on any atom is -0.462 e. The van der Waals surface area contributed by atoms with E-state index in [0.717, 1.165) is 0 Å². The number of nitrogens with one attached hydrogen (secondary N) is 1. The van der Waals surface area contributed by atoms with Crippen LogP contribution in [0.5, 0.6) is 5.75 Å². The number of rotatable bonds is 11. The van der Waals surface area contributed by atoms with Crippen molar-refractivity contribution in [3.8, 4) is 5.75 Å². The van der Waals surface area contributed by atoms with E-state index in [2.05, 4.69) is 20.0 Å². The number of aliphatic hydroxyl groups excluding tert-OH is 1. The number of fused-ring (bicyclic) bond motifs is 1. The third-order valence-corrected chi connectivity index (χ3v) is 7.81. The number of ether oxygens (including phenoxy) is 1. The maximum absolute atomic E-state index is 14.2. The fourth-order valence-corrected chi connectivity index (χ4v) is 5.88. The number of halogens is 1. The number of aliphatic hydroxyl groups is 1. The molecule has 38 heavy (non-hydrogen) atoms. The number of benzene rings is 1. The average molecular weight is 549 g/mol. The van der Waals surface area contributed by atoms with Crippen LogP contribution >= 0.6 is 7.75 Å². The molecule has 1 aliphatic carbocycles. The Labute approximate surface area is 218 Å². The number of anilines is 1. The molecule has 0 saturated heterocycles. The van der Waals surface area contributed by atoms with Crippen LogP contribution in [-0.4, -0.2) is 56.0 Å². The van der Waals surface area contributed by atoms with Gasteiger partial charge in [0.15, 0.2) is 11.5 Å². The smallest absolute Gasteiger partial charge is 0.459 e. The van der Waals surface area contributed by atoms with Gasteiger partial charge in [0.2, 0.25) is 0 Å². The first-order valence-electron chi connectivity index (χ1n) is 12.0. The van der Waals surface area contributed by atoms with Crippen molar-refractivity contribution >= 4 is 30.7 Å². The number of nitrogen functional groups attached to an aromatic ring is 1. The minimum absolute atomic E-state index is 0.175. The molecule has 5 atom stereocenters. The normalized spacial score (nSPS) is 22.7. The fraction of sp³-hybridized carbons (Fsp3) is 0.417. The summed E-state index contributed by atoms with van der Waals surface area (Å²) in [5, 5.41) is 12.8. The second-order valence-corrected chi connectivity index (χ2v) is 10.8. The molecular formula is C24H30FN6O6P. The molecule has 4 rings (SSSR count). The van der Waals surface area contributed by atoms with Gasteiger partial charge in [0.25, 0.3) is 0 Å². The van der Waals surface area contributed by atoms with Crippen LogP contribution in [-0.2, 0) is 18.6 Å². The number of nitrogens with two attached hydrogens (primary N) is 1. The molecule has 0 aliphatic heterocycles. The molecule has 0 spiro atoms. The Morgan fingerprint density at radius 1 is 1.26 bits per heavy atom. The zero-order valence-corrected chi connectivity index (χ0v) is 22.0. The Kier molecular flexibility index (Phi) is 8.41. The van der Waals surface area contributed by atoms with E-state index in [1.54, 1.807) is 48.7 Å². The van der Waals surface area contributed by atoms with E-state index in [0.29, 0.717) is 17.5 Å². The molecule has 204 valence electrons. The van der Waals surface area contributed by atoms with Crippen LogP contribution in [0.1, 0.15) is 26.8 Å². The summed E-state index contributed by atoms with van der Waals surface area (Å²) < 4.78 is 46.1. The highest BCUT2D eigenvalue weighted by molar-refractivity contribution is 7.52. The number of aromatic nitrogens is 4. The van der Waals surface area contributed by atoms with Crippen molar-refractivity contribution < 1.29 is 32.6 Å². The lowest BCUT2D eigenvalue weighted by Crippen LogP contribution is -2.46. The number of hydrogen-bond acceptors (Lipinski definition) is 10. The van der Waals surface area contributed by atoms with E-state index in [1.807, 2.05) is 0 Å². The monoisotopic (exact) mass is 548 g/mol. The lowest BCUT2D eigenvalue weighted by molar-refractivity contribution is -0.149. The summed E-state index contributed by atoms with van der Waals surface area (Å²) in [6.07, 6.45) is 2.78. The van der Waals surface area contributed by atoms with Crippen LogP contribution in [0.3, 0.4) is 0 Å². The quantitative estimate of drug-likeness (QED) is 0.238. The Bertz CT molecular complexity index is 1350. The van der Waals surface area contributed by atoms with Crippen molar-refractivity contribution in [3.05, 3.63) is 54.9 Å². The first-order valence-corrected chi connectivity index (χ1v) is 13.5. The number of hydrogen-bond donors (Lipinski definition) is 3. The van der Waals surface area contributed by atoms with E-state index in [1.165, 1.54) is 19.6 Å². The summed E-state index contributed by atoms with van der Waals surface area (Å²) in [7, 11) is -4.17. The molecule has 2 heterocycles.